The van der Waals surface area contributed by atoms with E-state index in [9.17, 15) is 0 Å². The summed E-state index contributed by atoms with van der Waals surface area (Å²) < 4.78 is 0. The van der Waals surface area contributed by atoms with E-state index in [-0.39, 0.29) is 18.9 Å². The molecule has 0 aliphatic rings. The number of hydrogen-bond donors (Lipinski definition) is 0. The van der Waals surface area contributed by atoms with Crippen LogP contribution in [0.1, 0.15) is 25.0 Å². The molecular formula is C12H19LiN. The van der Waals surface area contributed by atoms with Crippen molar-refractivity contribution >= 4 is 18.9 Å². The number of rotatable bonds is 4. The molecule has 0 spiro atoms. The first-order valence-corrected chi connectivity index (χ1v) is 5.04. The van der Waals surface area contributed by atoms with E-state index in [4.69, 9.17) is 0 Å². The van der Waals surface area contributed by atoms with Gasteiger partial charge in [0.1, 0.15) is 0 Å². The fourth-order valence-electron chi connectivity index (χ4n) is 1.48. The van der Waals surface area contributed by atoms with Gasteiger partial charge >= 0.3 is 0 Å². The van der Waals surface area contributed by atoms with Crippen LogP contribution in [0.5, 0.6) is 0 Å². The van der Waals surface area contributed by atoms with Gasteiger partial charge in [-0.25, -0.2) is 0 Å². The molecule has 0 amide bonds. The number of aryl methyl sites for hydroxylation is 1. The third-order valence-electron chi connectivity index (χ3n) is 2.55. The molecule has 0 N–H and O–H groups in total. The summed E-state index contributed by atoms with van der Waals surface area (Å²) in [5, 5.41) is 0. The summed E-state index contributed by atoms with van der Waals surface area (Å²) in [6.07, 6.45) is 0. The summed E-state index contributed by atoms with van der Waals surface area (Å²) in [5.74, 6) is 0. The molecule has 1 rings (SSSR count). The minimum atomic E-state index is 0. The van der Waals surface area contributed by atoms with Crippen LogP contribution in [0.3, 0.4) is 0 Å². The molecule has 0 saturated carbocycles. The maximum atomic E-state index is 2.43. The molecule has 1 radical (unpaired) electrons. The molecule has 1 aromatic carbocycles. The molecule has 0 aromatic heterocycles. The Kier molecular flexibility index (Phi) is 7.01. The fraction of sp³-hybridized carbons (Fsp3) is 0.500. The van der Waals surface area contributed by atoms with Gasteiger partial charge in [0.15, 0.2) is 0 Å². The van der Waals surface area contributed by atoms with Crippen molar-refractivity contribution in [1.82, 2.24) is 4.90 Å². The summed E-state index contributed by atoms with van der Waals surface area (Å²) >= 11 is 0. The van der Waals surface area contributed by atoms with Gasteiger partial charge < -0.3 is 0 Å². The van der Waals surface area contributed by atoms with E-state index in [0.29, 0.717) is 0 Å². The maximum absolute atomic E-state index is 2.43. The van der Waals surface area contributed by atoms with Crippen LogP contribution in [0.15, 0.2) is 24.3 Å². The van der Waals surface area contributed by atoms with E-state index in [2.05, 4.69) is 49.9 Å². The predicted molar refractivity (Wildman–Crippen MR) is 63.6 cm³/mol. The molecule has 14 heavy (non-hydrogen) atoms. The normalized spacial score (nSPS) is 10.0. The SMILES string of the molecule is CCN(CC)Cc1ccccc1C.[Li]. The minimum Gasteiger partial charge on any atom is -0.300 e. The van der Waals surface area contributed by atoms with Crippen molar-refractivity contribution in [3.63, 3.8) is 0 Å². The summed E-state index contributed by atoms with van der Waals surface area (Å²) in [7, 11) is 0. The van der Waals surface area contributed by atoms with Gasteiger partial charge in [0.05, 0.1) is 0 Å². The second-order valence-electron chi connectivity index (χ2n) is 3.39. The zero-order valence-electron chi connectivity index (χ0n) is 9.88. The van der Waals surface area contributed by atoms with Gasteiger partial charge in [0.2, 0.25) is 0 Å². The summed E-state index contributed by atoms with van der Waals surface area (Å²) in [6.45, 7) is 9.94. The van der Waals surface area contributed by atoms with E-state index >= 15 is 0 Å². The number of nitrogens with zero attached hydrogens (tertiary/aromatic N) is 1. The van der Waals surface area contributed by atoms with Crippen molar-refractivity contribution in [1.29, 1.82) is 0 Å². The zero-order chi connectivity index (χ0) is 9.68. The van der Waals surface area contributed by atoms with Crippen LogP contribution in [0.2, 0.25) is 0 Å². The summed E-state index contributed by atoms with van der Waals surface area (Å²) in [6, 6.07) is 8.61. The minimum absolute atomic E-state index is 0. The van der Waals surface area contributed by atoms with Gasteiger partial charge in [0, 0.05) is 25.4 Å². The molecule has 0 aliphatic carbocycles. The predicted octanol–water partition coefficient (Wildman–Crippen LogP) is 2.46. The Morgan fingerprint density at radius 1 is 1.07 bits per heavy atom. The second-order valence-corrected chi connectivity index (χ2v) is 3.39. The monoisotopic (exact) mass is 184 g/mol. The Hall–Kier alpha value is -0.223. The molecule has 0 saturated heterocycles. The molecule has 0 fully saturated rings. The molecule has 0 atom stereocenters. The van der Waals surface area contributed by atoms with Crippen molar-refractivity contribution in [3.8, 4) is 0 Å². The number of hydrogen-bond acceptors (Lipinski definition) is 1. The quantitative estimate of drug-likeness (QED) is 0.650. The molecule has 0 aliphatic heterocycles. The van der Waals surface area contributed by atoms with Gasteiger partial charge in [-0.2, -0.15) is 0 Å². The van der Waals surface area contributed by atoms with Gasteiger partial charge in [0.25, 0.3) is 0 Å². The Balaban J connectivity index is 0.00000169. The maximum Gasteiger partial charge on any atom is 0.0236 e. The van der Waals surface area contributed by atoms with Crippen molar-refractivity contribution in [3.05, 3.63) is 35.4 Å². The van der Waals surface area contributed by atoms with Gasteiger partial charge in [-0.15, -0.1) is 0 Å². The fourth-order valence-corrected chi connectivity index (χ4v) is 1.48. The van der Waals surface area contributed by atoms with Crippen LogP contribution in [0.25, 0.3) is 0 Å². The Morgan fingerprint density at radius 3 is 2.14 bits per heavy atom. The van der Waals surface area contributed by atoms with Crippen LogP contribution < -0.4 is 0 Å². The van der Waals surface area contributed by atoms with Crippen LogP contribution in [0, 0.1) is 6.92 Å². The van der Waals surface area contributed by atoms with Crippen molar-refractivity contribution in [2.24, 2.45) is 0 Å². The number of benzene rings is 1. The average Bonchev–Trinajstić information content (AvgIpc) is 2.17. The van der Waals surface area contributed by atoms with E-state index in [1.54, 1.807) is 0 Å². The van der Waals surface area contributed by atoms with Gasteiger partial charge in [-0.05, 0) is 31.1 Å². The zero-order valence-corrected chi connectivity index (χ0v) is 9.88. The smallest absolute Gasteiger partial charge is 0.0236 e. The van der Waals surface area contributed by atoms with E-state index in [1.165, 1.54) is 11.1 Å². The second kappa shape index (κ2) is 7.12. The molecule has 0 unspecified atom stereocenters. The topological polar surface area (TPSA) is 3.24 Å². The third-order valence-corrected chi connectivity index (χ3v) is 2.55. The Labute approximate surface area is 99.7 Å². The molecule has 1 aromatic rings. The summed E-state index contributed by atoms with van der Waals surface area (Å²) in [4.78, 5) is 2.43. The van der Waals surface area contributed by atoms with Crippen molar-refractivity contribution in [2.75, 3.05) is 13.1 Å². The van der Waals surface area contributed by atoms with E-state index in [1.807, 2.05) is 0 Å². The first-order chi connectivity index (χ1) is 6.27. The molecule has 73 valence electrons. The largest absolute Gasteiger partial charge is 0.300 e. The molecular weight excluding hydrogens is 165 g/mol. The van der Waals surface area contributed by atoms with Crippen molar-refractivity contribution < 1.29 is 0 Å². The van der Waals surface area contributed by atoms with E-state index < -0.39 is 0 Å². The van der Waals surface area contributed by atoms with E-state index in [0.717, 1.165) is 19.6 Å². The third kappa shape index (κ3) is 3.88. The molecule has 1 nitrogen and oxygen atoms in total. The van der Waals surface area contributed by atoms with Crippen molar-refractivity contribution in [2.45, 2.75) is 27.3 Å². The van der Waals surface area contributed by atoms with Crippen LogP contribution in [0.4, 0.5) is 0 Å². The molecule has 0 bridgehead atoms. The first kappa shape index (κ1) is 13.8. The first-order valence-electron chi connectivity index (χ1n) is 5.04. The summed E-state index contributed by atoms with van der Waals surface area (Å²) in [5.41, 5.74) is 2.85. The van der Waals surface area contributed by atoms with Crippen LogP contribution >= 0.6 is 0 Å². The molecule has 0 heterocycles. The Morgan fingerprint density at radius 2 is 1.64 bits per heavy atom. The van der Waals surface area contributed by atoms with Crippen LogP contribution in [-0.2, 0) is 6.54 Å². The molecule has 2 heteroatoms. The average molecular weight is 184 g/mol. The standard InChI is InChI=1S/C12H19N.Li/c1-4-13(5-2)10-12-9-7-6-8-11(12)3;/h6-9H,4-5,10H2,1-3H3;. The Bertz CT molecular complexity index is 256. The van der Waals surface area contributed by atoms with Gasteiger partial charge in [-0.1, -0.05) is 38.1 Å². The van der Waals surface area contributed by atoms with Crippen LogP contribution in [-0.4, -0.2) is 36.9 Å². The van der Waals surface area contributed by atoms with Gasteiger partial charge in [-0.3, -0.25) is 4.90 Å².